The highest BCUT2D eigenvalue weighted by molar-refractivity contribution is 5.90. The van der Waals surface area contributed by atoms with Crippen molar-refractivity contribution in [3.63, 3.8) is 0 Å². The minimum absolute atomic E-state index is 0.201. The van der Waals surface area contributed by atoms with Crippen molar-refractivity contribution < 1.29 is 9.53 Å². The summed E-state index contributed by atoms with van der Waals surface area (Å²) in [5.41, 5.74) is 1.14. The summed E-state index contributed by atoms with van der Waals surface area (Å²) in [4.78, 5) is 15.2. The number of carbonyl (C=O) groups is 1. The van der Waals surface area contributed by atoms with Crippen LogP contribution in [0.1, 0.15) is 26.2 Å². The van der Waals surface area contributed by atoms with E-state index < -0.39 is 0 Å². The predicted octanol–water partition coefficient (Wildman–Crippen LogP) is 1.17. The summed E-state index contributed by atoms with van der Waals surface area (Å²) in [7, 11) is 1.40. The number of hydrogen-bond acceptors (Lipinski definition) is 3. The molecule has 0 N–H and O–H groups in total. The van der Waals surface area contributed by atoms with Crippen LogP contribution in [0.15, 0.2) is 4.99 Å². The van der Waals surface area contributed by atoms with E-state index in [9.17, 15) is 4.79 Å². The van der Waals surface area contributed by atoms with Crippen molar-refractivity contribution in [2.75, 3.05) is 7.11 Å². The van der Waals surface area contributed by atoms with E-state index in [0.29, 0.717) is 0 Å². The zero-order chi connectivity index (χ0) is 8.27. The summed E-state index contributed by atoms with van der Waals surface area (Å²) in [5.74, 6) is -0.201. The van der Waals surface area contributed by atoms with Gasteiger partial charge in [0.05, 0.1) is 7.11 Å². The lowest BCUT2D eigenvalue weighted by Crippen LogP contribution is -2.16. The number of methoxy groups -OCH3 is 1. The number of nitrogens with zero attached hydrogens (tertiary/aromatic N) is 1. The van der Waals surface area contributed by atoms with Crippen LogP contribution in [0, 0.1) is 0 Å². The SMILES string of the molecule is CCC1=N[C@H](C(=O)OC)CC1. The van der Waals surface area contributed by atoms with Gasteiger partial charge in [0, 0.05) is 5.71 Å². The number of carbonyl (C=O) groups excluding carboxylic acids is 1. The molecule has 62 valence electrons. The Balaban J connectivity index is 2.52. The van der Waals surface area contributed by atoms with E-state index in [1.807, 2.05) is 0 Å². The van der Waals surface area contributed by atoms with Gasteiger partial charge in [0.1, 0.15) is 6.04 Å². The van der Waals surface area contributed by atoms with E-state index in [4.69, 9.17) is 0 Å². The van der Waals surface area contributed by atoms with Crippen molar-refractivity contribution in [1.29, 1.82) is 0 Å². The Morgan fingerprint density at radius 3 is 3.00 bits per heavy atom. The van der Waals surface area contributed by atoms with Crippen molar-refractivity contribution in [2.45, 2.75) is 32.2 Å². The van der Waals surface area contributed by atoms with Crippen LogP contribution < -0.4 is 0 Å². The van der Waals surface area contributed by atoms with Gasteiger partial charge in [-0.1, -0.05) is 6.92 Å². The average Bonchev–Trinajstić information content (AvgIpc) is 2.50. The molecule has 0 bridgehead atoms. The van der Waals surface area contributed by atoms with E-state index in [0.717, 1.165) is 25.0 Å². The smallest absolute Gasteiger partial charge is 0.330 e. The van der Waals surface area contributed by atoms with Crippen LogP contribution in [0.3, 0.4) is 0 Å². The zero-order valence-electron chi connectivity index (χ0n) is 6.96. The zero-order valence-corrected chi connectivity index (χ0v) is 6.96. The fraction of sp³-hybridized carbons (Fsp3) is 0.750. The molecule has 3 nitrogen and oxygen atoms in total. The van der Waals surface area contributed by atoms with Crippen LogP contribution in [0.4, 0.5) is 0 Å². The molecule has 11 heavy (non-hydrogen) atoms. The standard InChI is InChI=1S/C8H13NO2/c1-3-6-4-5-7(9-6)8(10)11-2/h7H,3-5H2,1-2H3/t7-/m0/s1. The second-order valence-corrected chi connectivity index (χ2v) is 2.63. The quantitative estimate of drug-likeness (QED) is 0.561. The van der Waals surface area contributed by atoms with Gasteiger partial charge in [0.15, 0.2) is 0 Å². The molecule has 0 aromatic rings. The highest BCUT2D eigenvalue weighted by Crippen LogP contribution is 2.15. The van der Waals surface area contributed by atoms with Gasteiger partial charge in [-0.3, -0.25) is 4.99 Å². The van der Waals surface area contributed by atoms with Crippen LogP contribution in [0.25, 0.3) is 0 Å². The van der Waals surface area contributed by atoms with Gasteiger partial charge in [-0.15, -0.1) is 0 Å². The molecule has 0 spiro atoms. The molecule has 0 amide bonds. The van der Waals surface area contributed by atoms with Gasteiger partial charge < -0.3 is 4.74 Å². The van der Waals surface area contributed by atoms with Crippen LogP contribution in [0.5, 0.6) is 0 Å². The van der Waals surface area contributed by atoms with Gasteiger partial charge in [0.2, 0.25) is 0 Å². The van der Waals surface area contributed by atoms with E-state index in [1.54, 1.807) is 0 Å². The van der Waals surface area contributed by atoms with Crippen LogP contribution in [-0.4, -0.2) is 24.8 Å². The molecule has 0 aliphatic carbocycles. The number of esters is 1. The normalized spacial score (nSPS) is 23.1. The molecule has 0 radical (unpaired) electrons. The summed E-state index contributed by atoms with van der Waals surface area (Å²) in [6.45, 7) is 2.05. The molecule has 1 aliphatic rings. The molecule has 1 rings (SSSR count). The molecule has 0 aromatic heterocycles. The molecule has 0 fully saturated rings. The third kappa shape index (κ3) is 1.79. The largest absolute Gasteiger partial charge is 0.467 e. The first-order valence-corrected chi connectivity index (χ1v) is 3.91. The van der Waals surface area contributed by atoms with E-state index >= 15 is 0 Å². The second-order valence-electron chi connectivity index (χ2n) is 2.63. The van der Waals surface area contributed by atoms with Crippen LogP contribution >= 0.6 is 0 Å². The predicted molar refractivity (Wildman–Crippen MR) is 42.8 cm³/mol. The fourth-order valence-corrected chi connectivity index (χ4v) is 1.23. The van der Waals surface area contributed by atoms with Crippen molar-refractivity contribution in [1.82, 2.24) is 0 Å². The molecule has 1 atom stereocenters. The first kappa shape index (κ1) is 8.24. The summed E-state index contributed by atoms with van der Waals surface area (Å²) < 4.78 is 4.58. The third-order valence-electron chi connectivity index (χ3n) is 1.93. The van der Waals surface area contributed by atoms with Crippen molar-refractivity contribution in [3.8, 4) is 0 Å². The highest BCUT2D eigenvalue weighted by atomic mass is 16.5. The second kappa shape index (κ2) is 3.51. The van der Waals surface area contributed by atoms with Crippen molar-refractivity contribution in [2.24, 2.45) is 4.99 Å². The van der Waals surface area contributed by atoms with Gasteiger partial charge in [-0.25, -0.2) is 4.79 Å². The fourth-order valence-electron chi connectivity index (χ4n) is 1.23. The van der Waals surface area contributed by atoms with Crippen LogP contribution in [-0.2, 0) is 9.53 Å². The Hall–Kier alpha value is -0.860. The van der Waals surface area contributed by atoms with E-state index in [1.165, 1.54) is 7.11 Å². The molecule has 0 saturated heterocycles. The van der Waals surface area contributed by atoms with Gasteiger partial charge in [-0.05, 0) is 19.3 Å². The molecule has 0 saturated carbocycles. The Morgan fingerprint density at radius 1 is 1.82 bits per heavy atom. The maximum Gasteiger partial charge on any atom is 0.330 e. The molecule has 0 unspecified atom stereocenters. The Labute approximate surface area is 66.5 Å². The van der Waals surface area contributed by atoms with Gasteiger partial charge in [-0.2, -0.15) is 0 Å². The number of ether oxygens (including phenoxy) is 1. The summed E-state index contributed by atoms with van der Waals surface area (Å²) in [5, 5.41) is 0. The maximum absolute atomic E-state index is 10.9. The molecular formula is C8H13NO2. The third-order valence-corrected chi connectivity index (χ3v) is 1.93. The first-order chi connectivity index (χ1) is 5.27. The maximum atomic E-state index is 10.9. The Morgan fingerprint density at radius 2 is 2.55 bits per heavy atom. The van der Waals surface area contributed by atoms with E-state index in [2.05, 4.69) is 16.7 Å². The number of aliphatic imine (C=N–C) groups is 1. The minimum atomic E-state index is -0.213. The lowest BCUT2D eigenvalue weighted by molar-refractivity contribution is -0.141. The molecule has 3 heteroatoms. The summed E-state index contributed by atoms with van der Waals surface area (Å²) in [6, 6.07) is -0.213. The number of hydrogen-bond donors (Lipinski definition) is 0. The minimum Gasteiger partial charge on any atom is -0.467 e. The Kier molecular flexibility index (Phi) is 2.63. The monoisotopic (exact) mass is 155 g/mol. The lowest BCUT2D eigenvalue weighted by Gasteiger charge is -2.01. The highest BCUT2D eigenvalue weighted by Gasteiger charge is 2.23. The lowest BCUT2D eigenvalue weighted by atomic mass is 10.1. The summed E-state index contributed by atoms with van der Waals surface area (Å²) in [6.07, 6.45) is 2.74. The van der Waals surface area contributed by atoms with Gasteiger partial charge in [0.25, 0.3) is 0 Å². The van der Waals surface area contributed by atoms with E-state index in [-0.39, 0.29) is 12.0 Å². The molecule has 0 aromatic carbocycles. The van der Waals surface area contributed by atoms with Crippen molar-refractivity contribution in [3.05, 3.63) is 0 Å². The molecule has 1 heterocycles. The average molecular weight is 155 g/mol. The van der Waals surface area contributed by atoms with Crippen LogP contribution in [0.2, 0.25) is 0 Å². The molecule has 1 aliphatic heterocycles. The topological polar surface area (TPSA) is 38.7 Å². The van der Waals surface area contributed by atoms with Gasteiger partial charge >= 0.3 is 5.97 Å². The number of rotatable bonds is 2. The molecular weight excluding hydrogens is 142 g/mol. The first-order valence-electron chi connectivity index (χ1n) is 3.91. The van der Waals surface area contributed by atoms with Crippen molar-refractivity contribution >= 4 is 11.7 Å². The Bertz CT molecular complexity index is 187. The summed E-state index contributed by atoms with van der Waals surface area (Å²) >= 11 is 0.